The fourth-order valence-corrected chi connectivity index (χ4v) is 3.80. The summed E-state index contributed by atoms with van der Waals surface area (Å²) in [5.41, 5.74) is 2.81. The number of fused-ring (bicyclic) bond motifs is 1. The van der Waals surface area contributed by atoms with E-state index in [2.05, 4.69) is 17.1 Å². The molecule has 1 N–H and O–H groups in total. The lowest BCUT2D eigenvalue weighted by molar-refractivity contribution is -0.116. The molecule has 0 saturated heterocycles. The number of nitrogens with one attached hydrogen (secondary N) is 1. The fourth-order valence-electron chi connectivity index (χ4n) is 3.67. The van der Waals surface area contributed by atoms with Gasteiger partial charge in [0.1, 0.15) is 12.4 Å². The molecule has 0 fully saturated rings. The Morgan fingerprint density at radius 3 is 2.57 bits per heavy atom. The smallest absolute Gasteiger partial charge is 0.259 e. The van der Waals surface area contributed by atoms with Crippen LogP contribution in [-0.4, -0.2) is 33.4 Å². The van der Waals surface area contributed by atoms with E-state index in [9.17, 15) is 9.59 Å². The summed E-state index contributed by atoms with van der Waals surface area (Å²) < 4.78 is 1.48. The molecule has 0 spiro atoms. The number of nitrogens with zero attached hydrogens (tertiary/aromatic N) is 3. The molecule has 30 heavy (non-hydrogen) atoms. The van der Waals surface area contributed by atoms with E-state index in [1.165, 1.54) is 4.57 Å². The van der Waals surface area contributed by atoms with Crippen molar-refractivity contribution < 1.29 is 4.79 Å². The fraction of sp³-hybridized carbons (Fsp3) is 0.261. The van der Waals surface area contributed by atoms with Crippen LogP contribution in [0.1, 0.15) is 18.2 Å². The van der Waals surface area contributed by atoms with Crippen molar-refractivity contribution in [2.24, 2.45) is 0 Å². The number of carbonyl (C=O) groups excluding carboxylic acids is 1. The first-order chi connectivity index (χ1) is 14.5. The summed E-state index contributed by atoms with van der Waals surface area (Å²) >= 11 is 5.91. The maximum atomic E-state index is 13.4. The molecule has 0 radical (unpaired) electrons. The molecule has 2 aromatic carbocycles. The van der Waals surface area contributed by atoms with Gasteiger partial charge in [-0.1, -0.05) is 48.9 Å². The van der Waals surface area contributed by atoms with E-state index in [1.54, 1.807) is 24.3 Å². The third-order valence-corrected chi connectivity index (χ3v) is 5.56. The number of likely N-dealkylation sites (N-methyl/N-ethyl adjacent to an activating group) is 1. The molecule has 6 nitrogen and oxygen atoms in total. The molecule has 0 aliphatic carbocycles. The van der Waals surface area contributed by atoms with Crippen molar-refractivity contribution >= 4 is 23.2 Å². The normalized spacial score (nSPS) is 13.7. The highest BCUT2D eigenvalue weighted by Gasteiger charge is 2.24. The summed E-state index contributed by atoms with van der Waals surface area (Å²) in [7, 11) is 0. The van der Waals surface area contributed by atoms with Crippen LogP contribution in [0.3, 0.4) is 0 Å². The van der Waals surface area contributed by atoms with Gasteiger partial charge in [0.05, 0.1) is 11.3 Å². The Balaban J connectivity index is 1.72. The van der Waals surface area contributed by atoms with Gasteiger partial charge in [0.25, 0.3) is 5.56 Å². The maximum absolute atomic E-state index is 13.4. The van der Waals surface area contributed by atoms with Crippen LogP contribution >= 0.6 is 11.6 Å². The van der Waals surface area contributed by atoms with Crippen LogP contribution in [-0.2, 0) is 24.3 Å². The zero-order valence-electron chi connectivity index (χ0n) is 16.8. The largest absolute Gasteiger partial charge is 0.325 e. The summed E-state index contributed by atoms with van der Waals surface area (Å²) in [6.45, 7) is 4.28. The van der Waals surface area contributed by atoms with E-state index >= 15 is 0 Å². The molecule has 1 aliphatic rings. The summed E-state index contributed by atoms with van der Waals surface area (Å²) in [4.78, 5) is 33.2. The number of benzene rings is 2. The second-order valence-electron chi connectivity index (χ2n) is 7.29. The SMILES string of the molecule is CCN1CCc2nc(-c3ccccc3)n(CC(=O)Nc3ccc(Cl)cc3)c(=O)c2C1. The van der Waals surface area contributed by atoms with Crippen molar-refractivity contribution in [1.29, 1.82) is 0 Å². The number of aromatic nitrogens is 2. The van der Waals surface area contributed by atoms with Crippen LogP contribution in [0.2, 0.25) is 5.02 Å². The van der Waals surface area contributed by atoms with Gasteiger partial charge in [0.2, 0.25) is 5.91 Å². The van der Waals surface area contributed by atoms with Gasteiger partial charge >= 0.3 is 0 Å². The van der Waals surface area contributed by atoms with Gasteiger partial charge in [-0.05, 0) is 30.8 Å². The molecule has 154 valence electrons. The van der Waals surface area contributed by atoms with Crippen molar-refractivity contribution in [3.05, 3.63) is 81.2 Å². The van der Waals surface area contributed by atoms with Crippen molar-refractivity contribution in [1.82, 2.24) is 14.5 Å². The number of carbonyl (C=O) groups is 1. The second-order valence-corrected chi connectivity index (χ2v) is 7.73. The minimum absolute atomic E-state index is 0.113. The van der Waals surface area contributed by atoms with Crippen LogP contribution in [0.15, 0.2) is 59.4 Å². The van der Waals surface area contributed by atoms with E-state index in [0.717, 1.165) is 30.8 Å². The Kier molecular flexibility index (Phi) is 5.97. The summed E-state index contributed by atoms with van der Waals surface area (Å²) in [5.74, 6) is 0.233. The number of hydrogen-bond donors (Lipinski definition) is 1. The van der Waals surface area contributed by atoms with Gasteiger partial charge < -0.3 is 5.32 Å². The lowest BCUT2D eigenvalue weighted by atomic mass is 10.1. The molecule has 7 heteroatoms. The molecule has 2 heterocycles. The summed E-state index contributed by atoms with van der Waals surface area (Å²) in [6.07, 6.45) is 0.732. The molecule has 0 atom stereocenters. The lowest BCUT2D eigenvalue weighted by Gasteiger charge is -2.27. The van der Waals surface area contributed by atoms with Gasteiger partial charge in [0.15, 0.2) is 0 Å². The van der Waals surface area contributed by atoms with Crippen LogP contribution < -0.4 is 10.9 Å². The molecule has 1 amide bonds. The number of amides is 1. The Morgan fingerprint density at radius 1 is 1.13 bits per heavy atom. The van der Waals surface area contributed by atoms with Crippen LogP contribution in [0.25, 0.3) is 11.4 Å². The van der Waals surface area contributed by atoms with E-state index < -0.39 is 0 Å². The van der Waals surface area contributed by atoms with Crippen molar-refractivity contribution in [2.75, 3.05) is 18.4 Å². The summed E-state index contributed by atoms with van der Waals surface area (Å²) in [6, 6.07) is 16.4. The first kappa shape index (κ1) is 20.3. The first-order valence-corrected chi connectivity index (χ1v) is 10.4. The van der Waals surface area contributed by atoms with Gasteiger partial charge in [-0.3, -0.25) is 19.1 Å². The van der Waals surface area contributed by atoms with Gasteiger partial charge in [0, 0.05) is 35.8 Å². The predicted octanol–water partition coefficient (Wildman–Crippen LogP) is 3.58. The molecule has 0 saturated carbocycles. The Hall–Kier alpha value is -2.96. The van der Waals surface area contributed by atoms with Crippen LogP contribution in [0, 0.1) is 0 Å². The zero-order valence-corrected chi connectivity index (χ0v) is 17.5. The maximum Gasteiger partial charge on any atom is 0.259 e. The molecule has 1 aromatic heterocycles. The monoisotopic (exact) mass is 422 g/mol. The zero-order chi connectivity index (χ0) is 21.1. The Labute approximate surface area is 180 Å². The van der Waals surface area contributed by atoms with Gasteiger partial charge in [-0.25, -0.2) is 4.98 Å². The van der Waals surface area contributed by atoms with Crippen LogP contribution in [0.4, 0.5) is 5.69 Å². The average Bonchev–Trinajstić information content (AvgIpc) is 2.77. The number of rotatable bonds is 5. The molecule has 0 bridgehead atoms. The molecule has 3 aromatic rings. The summed E-state index contributed by atoms with van der Waals surface area (Å²) in [5, 5.41) is 3.42. The lowest BCUT2D eigenvalue weighted by Crippen LogP contribution is -2.39. The Morgan fingerprint density at radius 2 is 1.87 bits per heavy atom. The standard InChI is InChI=1S/C23H23ClN4O2/c1-2-27-13-12-20-19(14-27)23(30)28(22(26-20)16-6-4-3-5-7-16)15-21(29)25-18-10-8-17(24)9-11-18/h3-11H,2,12-15H2,1H3,(H,25,29). The predicted molar refractivity (Wildman–Crippen MR) is 119 cm³/mol. The third kappa shape index (κ3) is 4.30. The number of hydrogen-bond acceptors (Lipinski definition) is 4. The molecule has 0 unspecified atom stereocenters. The quantitative estimate of drug-likeness (QED) is 0.682. The van der Waals surface area contributed by atoms with E-state index in [1.807, 2.05) is 30.3 Å². The van der Waals surface area contributed by atoms with Crippen molar-refractivity contribution in [2.45, 2.75) is 26.4 Å². The average molecular weight is 423 g/mol. The van der Waals surface area contributed by atoms with Crippen LogP contribution in [0.5, 0.6) is 0 Å². The van der Waals surface area contributed by atoms with Crippen molar-refractivity contribution in [3.8, 4) is 11.4 Å². The second kappa shape index (κ2) is 8.81. The molecular formula is C23H23ClN4O2. The highest BCUT2D eigenvalue weighted by Crippen LogP contribution is 2.21. The van der Waals surface area contributed by atoms with E-state index in [0.29, 0.717) is 28.6 Å². The number of anilines is 1. The Bertz CT molecular complexity index is 1110. The highest BCUT2D eigenvalue weighted by molar-refractivity contribution is 6.30. The van der Waals surface area contributed by atoms with Gasteiger partial charge in [-0.15, -0.1) is 0 Å². The molecular weight excluding hydrogens is 400 g/mol. The van der Waals surface area contributed by atoms with E-state index in [-0.39, 0.29) is 18.0 Å². The topological polar surface area (TPSA) is 67.2 Å². The minimum atomic E-state index is -0.290. The van der Waals surface area contributed by atoms with E-state index in [4.69, 9.17) is 16.6 Å². The minimum Gasteiger partial charge on any atom is -0.325 e. The van der Waals surface area contributed by atoms with Crippen molar-refractivity contribution in [3.63, 3.8) is 0 Å². The molecule has 1 aliphatic heterocycles. The highest BCUT2D eigenvalue weighted by atomic mass is 35.5. The van der Waals surface area contributed by atoms with Gasteiger partial charge in [-0.2, -0.15) is 0 Å². The molecule has 4 rings (SSSR count). The third-order valence-electron chi connectivity index (χ3n) is 5.30. The first-order valence-electron chi connectivity index (χ1n) is 10.0. The number of halogens is 1.